The lowest BCUT2D eigenvalue weighted by Gasteiger charge is -2.49. The Morgan fingerprint density at radius 3 is 3.00 bits per heavy atom. The molecule has 0 aliphatic carbocycles. The minimum atomic E-state index is 0.537. The molecule has 0 radical (unpaired) electrons. The molecule has 1 aromatic heterocycles. The first kappa shape index (κ1) is 15.4. The Morgan fingerprint density at radius 2 is 2.17 bits per heavy atom. The molecule has 0 amide bonds. The summed E-state index contributed by atoms with van der Waals surface area (Å²) in [6.45, 7) is 7.63. The summed E-state index contributed by atoms with van der Waals surface area (Å²) < 4.78 is 0. The van der Waals surface area contributed by atoms with E-state index in [1.165, 1.54) is 5.69 Å². The summed E-state index contributed by atoms with van der Waals surface area (Å²) >= 11 is 0. The summed E-state index contributed by atoms with van der Waals surface area (Å²) in [7, 11) is 1.97. The maximum atomic E-state index is 9.41. The Kier molecular flexibility index (Phi) is 3.91. The Hall–Kier alpha value is -2.10. The maximum Gasteiger partial charge on any atom is 0.163 e. The highest BCUT2D eigenvalue weighted by atomic mass is 15.3. The summed E-state index contributed by atoms with van der Waals surface area (Å²) in [5, 5.41) is 14.0. The number of aromatic nitrogens is 1. The van der Waals surface area contributed by atoms with Crippen molar-refractivity contribution in [3.8, 4) is 6.07 Å². The van der Waals surface area contributed by atoms with E-state index in [9.17, 15) is 5.26 Å². The Morgan fingerprint density at radius 1 is 1.29 bits per heavy atom. The number of nitrogens with zero attached hydrogens (tertiary/aromatic N) is 4. The van der Waals surface area contributed by atoms with Crippen LogP contribution >= 0.6 is 0 Å². The third-order valence-corrected chi connectivity index (χ3v) is 5.31. The van der Waals surface area contributed by atoms with Gasteiger partial charge in [-0.2, -0.15) is 5.26 Å². The van der Waals surface area contributed by atoms with Gasteiger partial charge >= 0.3 is 0 Å². The van der Waals surface area contributed by atoms with Crippen LogP contribution in [0.2, 0.25) is 0 Å². The van der Waals surface area contributed by atoms with Crippen molar-refractivity contribution in [3.05, 3.63) is 29.8 Å². The van der Waals surface area contributed by atoms with Gasteiger partial charge in [-0.15, -0.1) is 0 Å². The fourth-order valence-corrected chi connectivity index (χ4v) is 4.14. The van der Waals surface area contributed by atoms with Gasteiger partial charge in [0.2, 0.25) is 0 Å². The van der Waals surface area contributed by atoms with Gasteiger partial charge in [-0.1, -0.05) is 6.07 Å². The second kappa shape index (κ2) is 6.08. The van der Waals surface area contributed by atoms with Crippen molar-refractivity contribution in [2.75, 3.05) is 37.6 Å². The van der Waals surface area contributed by atoms with Gasteiger partial charge < -0.3 is 10.2 Å². The molecule has 24 heavy (non-hydrogen) atoms. The molecule has 122 valence electrons. The SMILES string of the molecule is Bc1ccc2c(N3CC(C)N4CCNCC4C3)ccc(C#N)c2n1. The van der Waals surface area contributed by atoms with E-state index in [-0.39, 0.29) is 0 Å². The number of hydrogen-bond donors (Lipinski definition) is 1. The van der Waals surface area contributed by atoms with Crippen molar-refractivity contribution in [2.45, 2.75) is 19.0 Å². The summed E-state index contributed by atoms with van der Waals surface area (Å²) in [6.07, 6.45) is 0. The van der Waals surface area contributed by atoms with Gasteiger partial charge in [0.1, 0.15) is 6.07 Å². The molecule has 5 nitrogen and oxygen atoms in total. The lowest BCUT2D eigenvalue weighted by atomic mass is 9.98. The van der Waals surface area contributed by atoms with Crippen LogP contribution in [-0.2, 0) is 0 Å². The van der Waals surface area contributed by atoms with Crippen molar-refractivity contribution < 1.29 is 0 Å². The zero-order valence-corrected chi connectivity index (χ0v) is 14.3. The molecular weight excluding hydrogens is 297 g/mol. The fraction of sp³-hybridized carbons (Fsp3) is 0.444. The largest absolute Gasteiger partial charge is 0.368 e. The number of nitriles is 1. The predicted molar refractivity (Wildman–Crippen MR) is 99.7 cm³/mol. The fourth-order valence-electron chi connectivity index (χ4n) is 4.14. The van der Waals surface area contributed by atoms with E-state index in [0.29, 0.717) is 17.6 Å². The van der Waals surface area contributed by atoms with E-state index < -0.39 is 0 Å². The highest BCUT2D eigenvalue weighted by Crippen LogP contribution is 2.30. The first-order chi connectivity index (χ1) is 11.7. The molecule has 2 saturated heterocycles. The molecule has 2 unspecified atom stereocenters. The summed E-state index contributed by atoms with van der Waals surface area (Å²) in [5.41, 5.74) is 3.63. The molecule has 2 aliphatic heterocycles. The van der Waals surface area contributed by atoms with E-state index >= 15 is 0 Å². The predicted octanol–water partition coefficient (Wildman–Crippen LogP) is -0.153. The first-order valence-electron chi connectivity index (χ1n) is 8.69. The van der Waals surface area contributed by atoms with Crippen LogP contribution < -0.4 is 15.8 Å². The van der Waals surface area contributed by atoms with Crippen LogP contribution in [0.5, 0.6) is 0 Å². The molecule has 0 spiro atoms. The van der Waals surface area contributed by atoms with Gasteiger partial charge in [-0.05, 0) is 30.7 Å². The smallest absolute Gasteiger partial charge is 0.163 e. The van der Waals surface area contributed by atoms with Crippen LogP contribution in [0.15, 0.2) is 24.3 Å². The molecule has 4 rings (SSSR count). The third-order valence-electron chi connectivity index (χ3n) is 5.31. The van der Waals surface area contributed by atoms with Crippen LogP contribution in [0.3, 0.4) is 0 Å². The van der Waals surface area contributed by atoms with E-state index in [1.807, 2.05) is 20.0 Å². The van der Waals surface area contributed by atoms with Crippen LogP contribution in [-0.4, -0.2) is 62.5 Å². The number of benzene rings is 1. The molecule has 0 saturated carbocycles. The quantitative estimate of drug-likeness (QED) is 0.741. The van der Waals surface area contributed by atoms with E-state index in [2.05, 4.69) is 45.2 Å². The van der Waals surface area contributed by atoms with Crippen LogP contribution in [0.25, 0.3) is 10.9 Å². The minimum absolute atomic E-state index is 0.537. The summed E-state index contributed by atoms with van der Waals surface area (Å²) in [6, 6.07) is 11.5. The van der Waals surface area contributed by atoms with E-state index in [4.69, 9.17) is 0 Å². The average molecular weight is 319 g/mol. The second-order valence-electron chi connectivity index (χ2n) is 6.94. The Labute approximate surface area is 143 Å². The Balaban J connectivity index is 1.75. The van der Waals surface area contributed by atoms with Crippen molar-refractivity contribution in [1.82, 2.24) is 15.2 Å². The lowest BCUT2D eigenvalue weighted by molar-refractivity contribution is 0.0971. The molecule has 2 fully saturated rings. The number of fused-ring (bicyclic) bond motifs is 2. The maximum absolute atomic E-state index is 9.41. The van der Waals surface area contributed by atoms with Gasteiger partial charge in [-0.25, -0.2) is 0 Å². The summed E-state index contributed by atoms with van der Waals surface area (Å²) in [5.74, 6) is 0. The molecule has 1 N–H and O–H groups in total. The molecule has 0 bridgehead atoms. The van der Waals surface area contributed by atoms with Crippen molar-refractivity contribution in [2.24, 2.45) is 0 Å². The van der Waals surface area contributed by atoms with Gasteiger partial charge in [-0.3, -0.25) is 9.88 Å². The van der Waals surface area contributed by atoms with E-state index in [1.54, 1.807) is 0 Å². The van der Waals surface area contributed by atoms with Gasteiger partial charge in [0.25, 0.3) is 0 Å². The van der Waals surface area contributed by atoms with Gasteiger partial charge in [0.15, 0.2) is 7.85 Å². The molecule has 6 heteroatoms. The van der Waals surface area contributed by atoms with Crippen molar-refractivity contribution >= 4 is 30.0 Å². The number of anilines is 1. The highest BCUT2D eigenvalue weighted by Gasteiger charge is 2.34. The van der Waals surface area contributed by atoms with E-state index in [0.717, 1.165) is 49.2 Å². The van der Waals surface area contributed by atoms with Crippen molar-refractivity contribution in [3.63, 3.8) is 0 Å². The second-order valence-corrected chi connectivity index (χ2v) is 6.94. The van der Waals surface area contributed by atoms with Gasteiger partial charge in [0, 0.05) is 55.9 Å². The van der Waals surface area contributed by atoms with Crippen LogP contribution in [0.1, 0.15) is 12.5 Å². The highest BCUT2D eigenvalue weighted by molar-refractivity contribution is 6.31. The molecule has 2 aliphatic rings. The standard InChI is InChI=1S/C18H22BN5/c1-12-10-23(11-14-9-21-6-7-24(12)14)16-4-2-13(8-20)18-15(16)3-5-17(19)22-18/h2-5,12,14,21H,6-7,9-11,19H2,1H3. The zero-order chi connectivity index (χ0) is 16.7. The molecule has 2 atom stereocenters. The topological polar surface area (TPSA) is 55.2 Å². The third kappa shape index (κ3) is 2.54. The number of pyridine rings is 1. The minimum Gasteiger partial charge on any atom is -0.368 e. The molecule has 2 aromatic rings. The molecular formula is C18H22BN5. The normalized spacial score (nSPS) is 24.6. The molecule has 3 heterocycles. The van der Waals surface area contributed by atoms with Gasteiger partial charge in [0.05, 0.1) is 11.1 Å². The number of rotatable bonds is 1. The lowest BCUT2D eigenvalue weighted by Crippen LogP contribution is -2.64. The number of hydrogen-bond acceptors (Lipinski definition) is 5. The number of piperazine rings is 2. The zero-order valence-electron chi connectivity index (χ0n) is 14.3. The summed E-state index contributed by atoms with van der Waals surface area (Å²) in [4.78, 5) is 9.73. The molecule has 1 aromatic carbocycles. The Bertz CT molecular complexity index is 815. The first-order valence-corrected chi connectivity index (χ1v) is 8.69. The van der Waals surface area contributed by atoms with Crippen LogP contribution in [0.4, 0.5) is 5.69 Å². The van der Waals surface area contributed by atoms with Crippen molar-refractivity contribution in [1.29, 1.82) is 5.26 Å². The van der Waals surface area contributed by atoms with Crippen LogP contribution in [0, 0.1) is 11.3 Å². The monoisotopic (exact) mass is 319 g/mol. The average Bonchev–Trinajstić information content (AvgIpc) is 2.60. The number of nitrogens with one attached hydrogen (secondary N) is 1.